The highest BCUT2D eigenvalue weighted by molar-refractivity contribution is 5.99. The fraction of sp³-hybridized carbons (Fsp3) is 0.500. The molecule has 1 aliphatic rings. The Morgan fingerprint density at radius 3 is 2.74 bits per heavy atom. The molecule has 2 heterocycles. The molecule has 1 aromatic carbocycles. The summed E-state index contributed by atoms with van der Waals surface area (Å²) < 4.78 is 27.1. The number of hydrogen-bond donors (Lipinski definition) is 0. The molecular formula is C20H26FN3O3. The molecular weight excluding hydrogens is 349 g/mol. The van der Waals surface area contributed by atoms with Gasteiger partial charge in [0.2, 0.25) is 5.88 Å². The van der Waals surface area contributed by atoms with E-state index in [-0.39, 0.29) is 29.3 Å². The molecule has 0 N–H and O–H groups in total. The van der Waals surface area contributed by atoms with E-state index in [9.17, 15) is 9.18 Å². The van der Waals surface area contributed by atoms with Crippen LogP contribution in [0.15, 0.2) is 24.3 Å². The summed E-state index contributed by atoms with van der Waals surface area (Å²) in [6, 6.07) is 6.29. The predicted molar refractivity (Wildman–Crippen MR) is 100 cm³/mol. The standard InChI is InChI=1S/C20H26FN3O3/c1-4-23(5-2)11-14-12-24-19(27-13-14)17(20(25)26-6-3)18(22-24)15-9-7-8-10-16(15)21/h7-10,14H,4-6,11-13H2,1-3H3. The summed E-state index contributed by atoms with van der Waals surface area (Å²) >= 11 is 0. The third kappa shape index (κ3) is 3.98. The number of halogens is 1. The van der Waals surface area contributed by atoms with E-state index >= 15 is 0 Å². The van der Waals surface area contributed by atoms with Gasteiger partial charge in [0.05, 0.1) is 19.8 Å². The van der Waals surface area contributed by atoms with Gasteiger partial charge >= 0.3 is 5.97 Å². The molecule has 2 aromatic rings. The topological polar surface area (TPSA) is 56.6 Å². The van der Waals surface area contributed by atoms with Crippen molar-refractivity contribution in [3.8, 4) is 17.1 Å². The number of nitrogens with zero attached hydrogens (tertiary/aromatic N) is 3. The molecule has 0 radical (unpaired) electrons. The van der Waals surface area contributed by atoms with Crippen LogP contribution in [-0.2, 0) is 11.3 Å². The number of rotatable bonds is 7. The Bertz CT molecular complexity index is 802. The molecule has 0 spiro atoms. The van der Waals surface area contributed by atoms with E-state index < -0.39 is 11.8 Å². The molecule has 0 fully saturated rings. The second kappa shape index (κ2) is 8.52. The molecule has 0 saturated heterocycles. The van der Waals surface area contributed by atoms with Crippen LogP contribution in [0.25, 0.3) is 11.3 Å². The van der Waals surface area contributed by atoms with Crippen molar-refractivity contribution in [2.24, 2.45) is 5.92 Å². The van der Waals surface area contributed by atoms with Gasteiger partial charge in [-0.05, 0) is 32.1 Å². The minimum atomic E-state index is -0.542. The first-order valence-electron chi connectivity index (χ1n) is 9.46. The second-order valence-corrected chi connectivity index (χ2v) is 6.57. The molecule has 0 bridgehead atoms. The first-order chi connectivity index (χ1) is 13.1. The molecule has 1 aromatic heterocycles. The third-order valence-corrected chi connectivity index (χ3v) is 4.81. The number of aromatic nitrogens is 2. The molecule has 1 atom stereocenters. The molecule has 0 aliphatic carbocycles. The van der Waals surface area contributed by atoms with Crippen molar-refractivity contribution in [1.29, 1.82) is 0 Å². The Balaban J connectivity index is 1.98. The smallest absolute Gasteiger partial charge is 0.345 e. The van der Waals surface area contributed by atoms with Gasteiger partial charge in [-0.2, -0.15) is 5.10 Å². The number of hydrogen-bond acceptors (Lipinski definition) is 5. The zero-order valence-electron chi connectivity index (χ0n) is 16.1. The maximum Gasteiger partial charge on any atom is 0.345 e. The van der Waals surface area contributed by atoms with Crippen molar-refractivity contribution in [3.05, 3.63) is 35.6 Å². The lowest BCUT2D eigenvalue weighted by atomic mass is 10.1. The normalized spacial score (nSPS) is 16.1. The van der Waals surface area contributed by atoms with Crippen molar-refractivity contribution in [2.75, 3.05) is 32.8 Å². The fourth-order valence-electron chi connectivity index (χ4n) is 3.40. The number of carbonyl (C=O) groups excluding carboxylic acids is 1. The van der Waals surface area contributed by atoms with Crippen molar-refractivity contribution in [3.63, 3.8) is 0 Å². The van der Waals surface area contributed by atoms with Crippen LogP contribution in [0.4, 0.5) is 4.39 Å². The molecule has 0 saturated carbocycles. The highest BCUT2D eigenvalue weighted by Crippen LogP contribution is 2.35. The summed E-state index contributed by atoms with van der Waals surface area (Å²) in [7, 11) is 0. The lowest BCUT2D eigenvalue weighted by molar-refractivity contribution is 0.0515. The Kier molecular flexibility index (Phi) is 6.11. The molecule has 3 rings (SSSR count). The summed E-state index contributed by atoms with van der Waals surface area (Å²) in [5, 5.41) is 4.53. The monoisotopic (exact) mass is 375 g/mol. The quantitative estimate of drug-likeness (QED) is 0.696. The number of esters is 1. The number of carbonyl (C=O) groups is 1. The van der Waals surface area contributed by atoms with Gasteiger partial charge in [-0.3, -0.25) is 0 Å². The lowest BCUT2D eigenvalue weighted by Gasteiger charge is -2.29. The molecule has 7 heteroatoms. The van der Waals surface area contributed by atoms with Gasteiger partial charge in [0, 0.05) is 18.0 Å². The summed E-state index contributed by atoms with van der Waals surface area (Å²) in [6.45, 7) is 10.1. The lowest BCUT2D eigenvalue weighted by Crippen LogP contribution is -2.37. The van der Waals surface area contributed by atoms with Gasteiger partial charge in [-0.25, -0.2) is 13.9 Å². The number of fused-ring (bicyclic) bond motifs is 1. The van der Waals surface area contributed by atoms with E-state index in [4.69, 9.17) is 9.47 Å². The van der Waals surface area contributed by atoms with Crippen molar-refractivity contribution < 1.29 is 18.7 Å². The number of ether oxygens (including phenoxy) is 2. The van der Waals surface area contributed by atoms with Crippen molar-refractivity contribution in [1.82, 2.24) is 14.7 Å². The molecule has 6 nitrogen and oxygen atoms in total. The van der Waals surface area contributed by atoms with Gasteiger partial charge in [-0.15, -0.1) is 0 Å². The minimum absolute atomic E-state index is 0.197. The zero-order chi connectivity index (χ0) is 19.4. The maximum atomic E-state index is 14.4. The van der Waals surface area contributed by atoms with Gasteiger partial charge < -0.3 is 14.4 Å². The van der Waals surface area contributed by atoms with Crippen LogP contribution < -0.4 is 4.74 Å². The molecule has 1 unspecified atom stereocenters. The van der Waals surface area contributed by atoms with Gasteiger partial charge in [0.15, 0.2) is 0 Å². The van der Waals surface area contributed by atoms with Crippen LogP contribution in [0.5, 0.6) is 5.88 Å². The van der Waals surface area contributed by atoms with Crippen LogP contribution in [0.1, 0.15) is 31.1 Å². The second-order valence-electron chi connectivity index (χ2n) is 6.57. The van der Waals surface area contributed by atoms with Gasteiger partial charge in [0.1, 0.15) is 17.1 Å². The first kappa shape index (κ1) is 19.4. The Labute approximate surface area is 158 Å². The fourth-order valence-corrected chi connectivity index (χ4v) is 3.40. The van der Waals surface area contributed by atoms with Crippen LogP contribution in [0.2, 0.25) is 0 Å². The van der Waals surface area contributed by atoms with E-state index in [1.807, 2.05) is 0 Å². The minimum Gasteiger partial charge on any atom is -0.477 e. The summed E-state index contributed by atoms with van der Waals surface area (Å²) in [6.07, 6.45) is 0. The third-order valence-electron chi connectivity index (χ3n) is 4.81. The zero-order valence-corrected chi connectivity index (χ0v) is 16.1. The largest absolute Gasteiger partial charge is 0.477 e. The summed E-state index contributed by atoms with van der Waals surface area (Å²) in [4.78, 5) is 14.9. The van der Waals surface area contributed by atoms with E-state index in [1.165, 1.54) is 6.07 Å². The van der Waals surface area contributed by atoms with Crippen LogP contribution >= 0.6 is 0 Å². The predicted octanol–water partition coefficient (Wildman–Crippen LogP) is 3.22. The maximum absolute atomic E-state index is 14.4. The van der Waals surface area contributed by atoms with Gasteiger partial charge in [-0.1, -0.05) is 26.0 Å². The van der Waals surface area contributed by atoms with E-state index in [1.54, 1.807) is 29.8 Å². The Morgan fingerprint density at radius 2 is 2.07 bits per heavy atom. The SMILES string of the molecule is CCOC(=O)c1c(-c2ccccc2F)nn2c1OCC(CN(CC)CC)C2. The first-order valence-corrected chi connectivity index (χ1v) is 9.46. The van der Waals surface area contributed by atoms with E-state index in [2.05, 4.69) is 23.8 Å². The summed E-state index contributed by atoms with van der Waals surface area (Å²) in [5.74, 6) is -0.360. The van der Waals surface area contributed by atoms with Crippen molar-refractivity contribution >= 4 is 5.97 Å². The highest BCUT2D eigenvalue weighted by Gasteiger charge is 2.33. The average molecular weight is 375 g/mol. The number of benzene rings is 1. The van der Waals surface area contributed by atoms with E-state index in [0.717, 1.165) is 19.6 Å². The van der Waals surface area contributed by atoms with Crippen molar-refractivity contribution in [2.45, 2.75) is 27.3 Å². The Hall–Kier alpha value is -2.41. The molecule has 0 amide bonds. The van der Waals surface area contributed by atoms with Crippen LogP contribution in [0, 0.1) is 11.7 Å². The average Bonchev–Trinajstić information content (AvgIpc) is 3.05. The van der Waals surface area contributed by atoms with Crippen LogP contribution in [-0.4, -0.2) is 53.5 Å². The highest BCUT2D eigenvalue weighted by atomic mass is 19.1. The summed E-state index contributed by atoms with van der Waals surface area (Å²) in [5.41, 5.74) is 0.736. The van der Waals surface area contributed by atoms with Crippen LogP contribution in [0.3, 0.4) is 0 Å². The van der Waals surface area contributed by atoms with Gasteiger partial charge in [0.25, 0.3) is 0 Å². The van der Waals surface area contributed by atoms with E-state index in [0.29, 0.717) is 19.0 Å². The molecule has 146 valence electrons. The Morgan fingerprint density at radius 1 is 1.33 bits per heavy atom. The molecule has 1 aliphatic heterocycles. The molecule has 27 heavy (non-hydrogen) atoms.